The third-order valence-electron chi connectivity index (χ3n) is 4.39. The molecule has 122 valence electrons. The summed E-state index contributed by atoms with van der Waals surface area (Å²) in [5.41, 5.74) is 2.99. The quantitative estimate of drug-likeness (QED) is 0.848. The average Bonchev–Trinajstić information content (AvgIpc) is 2.86. The van der Waals surface area contributed by atoms with Crippen LogP contribution in [0.3, 0.4) is 0 Å². The third-order valence-corrected chi connectivity index (χ3v) is 5.49. The Morgan fingerprint density at radius 2 is 2.04 bits per heavy atom. The van der Waals surface area contributed by atoms with E-state index < -0.39 is 0 Å². The summed E-state index contributed by atoms with van der Waals surface area (Å²) in [4.78, 5) is 28.6. The Morgan fingerprint density at radius 3 is 2.70 bits per heavy atom. The molecule has 1 saturated heterocycles. The van der Waals surface area contributed by atoms with Crippen molar-refractivity contribution < 1.29 is 4.79 Å². The van der Waals surface area contributed by atoms with E-state index in [1.807, 2.05) is 18.7 Å². The maximum Gasteiger partial charge on any atom is 0.219 e. The predicted molar refractivity (Wildman–Crippen MR) is 91.6 cm³/mol. The van der Waals surface area contributed by atoms with E-state index in [4.69, 9.17) is 0 Å². The van der Waals surface area contributed by atoms with Crippen LogP contribution in [0.1, 0.15) is 47.8 Å². The normalized spacial score (nSPS) is 18.3. The molecule has 0 N–H and O–H groups in total. The summed E-state index contributed by atoms with van der Waals surface area (Å²) in [6, 6.07) is 2.05. The van der Waals surface area contributed by atoms with Crippen molar-refractivity contribution in [1.29, 1.82) is 0 Å². The molecule has 1 atom stereocenters. The number of carbonyl (C=O) groups is 1. The maximum atomic E-state index is 11.7. The molecule has 1 fully saturated rings. The Labute approximate surface area is 140 Å². The fraction of sp³-hybridized carbons (Fsp3) is 0.529. The van der Waals surface area contributed by atoms with Gasteiger partial charge in [0.25, 0.3) is 0 Å². The minimum atomic E-state index is 0.145. The van der Waals surface area contributed by atoms with Gasteiger partial charge in [-0.2, -0.15) is 0 Å². The highest BCUT2D eigenvalue weighted by molar-refractivity contribution is 7.15. The van der Waals surface area contributed by atoms with E-state index in [-0.39, 0.29) is 11.8 Å². The van der Waals surface area contributed by atoms with Crippen molar-refractivity contribution in [3.05, 3.63) is 28.2 Å². The predicted octanol–water partition coefficient (Wildman–Crippen LogP) is 3.25. The first kappa shape index (κ1) is 16.1. The van der Waals surface area contributed by atoms with E-state index in [0.29, 0.717) is 0 Å². The van der Waals surface area contributed by atoms with E-state index >= 15 is 0 Å². The number of amides is 1. The number of likely N-dealkylation sites (tertiary alicyclic amines) is 1. The molecule has 23 heavy (non-hydrogen) atoms. The molecular weight excluding hydrogens is 308 g/mol. The molecule has 1 amide bonds. The van der Waals surface area contributed by atoms with Crippen LogP contribution in [0.5, 0.6) is 0 Å². The van der Waals surface area contributed by atoms with Crippen LogP contribution in [0.2, 0.25) is 0 Å². The van der Waals surface area contributed by atoms with Gasteiger partial charge in [0.05, 0.1) is 5.69 Å². The standard InChI is InChI=1S/C17H22N4OS/c1-10-11(2)23-17(18-10)16-8-15(19-12(3)20-16)14-6-5-7-21(9-14)13(4)22/h8,14H,5-7,9H2,1-4H3/t14-/m0/s1. The molecule has 1 aliphatic heterocycles. The van der Waals surface area contributed by atoms with Crippen molar-refractivity contribution in [2.45, 2.75) is 46.5 Å². The number of aryl methyl sites for hydroxylation is 3. The number of piperidine rings is 1. The molecule has 6 heteroatoms. The number of hydrogen-bond donors (Lipinski definition) is 0. The number of thiazole rings is 1. The Balaban J connectivity index is 1.92. The van der Waals surface area contributed by atoms with Crippen LogP contribution in [0.15, 0.2) is 6.07 Å². The van der Waals surface area contributed by atoms with E-state index in [1.165, 1.54) is 4.88 Å². The highest BCUT2D eigenvalue weighted by Crippen LogP contribution is 2.30. The number of rotatable bonds is 2. The van der Waals surface area contributed by atoms with Crippen molar-refractivity contribution in [1.82, 2.24) is 19.9 Å². The highest BCUT2D eigenvalue weighted by atomic mass is 32.1. The van der Waals surface area contributed by atoms with Gasteiger partial charge in [-0.25, -0.2) is 15.0 Å². The van der Waals surface area contributed by atoms with Gasteiger partial charge in [0, 0.05) is 36.5 Å². The summed E-state index contributed by atoms with van der Waals surface area (Å²) in [6.45, 7) is 9.27. The number of nitrogens with zero attached hydrogens (tertiary/aromatic N) is 4. The average molecular weight is 330 g/mol. The molecule has 0 aliphatic carbocycles. The van der Waals surface area contributed by atoms with Gasteiger partial charge < -0.3 is 4.90 Å². The Hall–Kier alpha value is -1.82. The second kappa shape index (κ2) is 6.35. The summed E-state index contributed by atoms with van der Waals surface area (Å²) < 4.78 is 0. The van der Waals surface area contributed by atoms with E-state index in [2.05, 4.69) is 27.9 Å². The number of carbonyl (C=O) groups excluding carboxylic acids is 1. The molecule has 0 unspecified atom stereocenters. The highest BCUT2D eigenvalue weighted by Gasteiger charge is 2.25. The Kier molecular flexibility index (Phi) is 4.43. The van der Waals surface area contributed by atoms with Crippen LogP contribution in [0.25, 0.3) is 10.7 Å². The zero-order valence-electron chi connectivity index (χ0n) is 14.1. The first-order chi connectivity index (χ1) is 10.9. The summed E-state index contributed by atoms with van der Waals surface area (Å²) in [5.74, 6) is 1.20. The van der Waals surface area contributed by atoms with Crippen LogP contribution in [0.4, 0.5) is 0 Å². The molecule has 0 aromatic carbocycles. The molecule has 0 saturated carbocycles. The summed E-state index contributed by atoms with van der Waals surface area (Å²) in [7, 11) is 0. The first-order valence-corrected chi connectivity index (χ1v) is 8.81. The Morgan fingerprint density at radius 1 is 1.26 bits per heavy atom. The molecular formula is C17H22N4OS. The smallest absolute Gasteiger partial charge is 0.219 e. The third kappa shape index (κ3) is 3.42. The molecule has 2 aromatic heterocycles. The minimum absolute atomic E-state index is 0.145. The van der Waals surface area contributed by atoms with Crippen LogP contribution >= 0.6 is 11.3 Å². The van der Waals surface area contributed by atoms with Crippen molar-refractivity contribution in [3.63, 3.8) is 0 Å². The lowest BCUT2D eigenvalue weighted by Gasteiger charge is -2.31. The lowest BCUT2D eigenvalue weighted by molar-refractivity contribution is -0.130. The van der Waals surface area contributed by atoms with Gasteiger partial charge >= 0.3 is 0 Å². The van der Waals surface area contributed by atoms with Gasteiger partial charge in [0.1, 0.15) is 16.5 Å². The fourth-order valence-electron chi connectivity index (χ4n) is 3.00. The molecule has 5 nitrogen and oxygen atoms in total. The minimum Gasteiger partial charge on any atom is -0.342 e. The monoisotopic (exact) mass is 330 g/mol. The molecule has 3 heterocycles. The van der Waals surface area contributed by atoms with Crippen LogP contribution in [-0.4, -0.2) is 38.8 Å². The van der Waals surface area contributed by atoms with E-state index in [1.54, 1.807) is 18.3 Å². The maximum absolute atomic E-state index is 11.7. The van der Waals surface area contributed by atoms with Crippen molar-refractivity contribution >= 4 is 17.2 Å². The van der Waals surface area contributed by atoms with Gasteiger partial charge in [0.15, 0.2) is 0 Å². The summed E-state index contributed by atoms with van der Waals surface area (Å²) >= 11 is 1.67. The molecule has 0 spiro atoms. The van der Waals surface area contributed by atoms with Crippen molar-refractivity contribution in [2.75, 3.05) is 13.1 Å². The lowest BCUT2D eigenvalue weighted by atomic mass is 9.94. The number of hydrogen-bond acceptors (Lipinski definition) is 5. The van der Waals surface area contributed by atoms with Crippen LogP contribution in [0, 0.1) is 20.8 Å². The molecule has 0 radical (unpaired) electrons. The van der Waals surface area contributed by atoms with Crippen LogP contribution in [-0.2, 0) is 4.79 Å². The topological polar surface area (TPSA) is 59.0 Å². The summed E-state index contributed by atoms with van der Waals surface area (Å²) in [6.07, 6.45) is 2.09. The molecule has 0 bridgehead atoms. The largest absolute Gasteiger partial charge is 0.342 e. The van der Waals surface area contributed by atoms with Crippen LogP contribution < -0.4 is 0 Å². The van der Waals surface area contributed by atoms with Crippen molar-refractivity contribution in [3.8, 4) is 10.7 Å². The van der Waals surface area contributed by atoms with Gasteiger partial charge in [0.2, 0.25) is 5.91 Å². The molecule has 1 aliphatic rings. The molecule has 3 rings (SSSR count). The number of aromatic nitrogens is 3. The van der Waals surface area contributed by atoms with Gasteiger partial charge in [-0.1, -0.05) is 0 Å². The Bertz CT molecular complexity index is 721. The summed E-state index contributed by atoms with van der Waals surface area (Å²) in [5, 5.41) is 0.950. The van der Waals surface area contributed by atoms with Gasteiger partial charge in [-0.3, -0.25) is 4.79 Å². The van der Waals surface area contributed by atoms with Gasteiger partial charge in [-0.15, -0.1) is 11.3 Å². The van der Waals surface area contributed by atoms with E-state index in [9.17, 15) is 4.79 Å². The fourth-order valence-corrected chi connectivity index (χ4v) is 3.87. The SMILES string of the molecule is CC(=O)N1CCC[C@H](c2cc(-c3nc(C)c(C)s3)nc(C)n2)C1. The lowest BCUT2D eigenvalue weighted by Crippen LogP contribution is -2.37. The van der Waals surface area contributed by atoms with Gasteiger partial charge in [-0.05, 0) is 39.7 Å². The van der Waals surface area contributed by atoms with E-state index in [0.717, 1.165) is 53.8 Å². The first-order valence-electron chi connectivity index (χ1n) is 7.99. The zero-order valence-corrected chi connectivity index (χ0v) is 14.9. The zero-order chi connectivity index (χ0) is 16.6. The second-order valence-corrected chi connectivity index (χ2v) is 7.39. The van der Waals surface area contributed by atoms with Crippen molar-refractivity contribution in [2.24, 2.45) is 0 Å². The second-order valence-electron chi connectivity index (χ2n) is 6.19. The molecule has 2 aromatic rings.